The van der Waals surface area contributed by atoms with Crippen molar-refractivity contribution in [1.82, 2.24) is 15.3 Å². The van der Waals surface area contributed by atoms with Crippen molar-refractivity contribution in [3.63, 3.8) is 0 Å². The predicted octanol–water partition coefficient (Wildman–Crippen LogP) is 1.52. The lowest BCUT2D eigenvalue weighted by atomic mass is 10.1. The van der Waals surface area contributed by atoms with Crippen molar-refractivity contribution in [2.24, 2.45) is 0 Å². The van der Waals surface area contributed by atoms with Crippen LogP contribution < -0.4 is 16.2 Å². The molecule has 1 aliphatic rings. The molecule has 0 aromatic carbocycles. The number of anilines is 1. The van der Waals surface area contributed by atoms with Gasteiger partial charge in [-0.2, -0.15) is 0 Å². The van der Waals surface area contributed by atoms with Crippen molar-refractivity contribution in [2.75, 3.05) is 11.9 Å². The quantitative estimate of drug-likeness (QED) is 0.801. The lowest BCUT2D eigenvalue weighted by Gasteiger charge is -2.10. The Bertz CT molecular complexity index is 806. The fraction of sp³-hybridized carbons (Fsp3) is 0.0625. The molecule has 0 unspecified atom stereocenters. The van der Waals surface area contributed by atoms with Gasteiger partial charge in [-0.3, -0.25) is 14.6 Å². The second kappa shape index (κ2) is 6.09. The predicted molar refractivity (Wildman–Crippen MR) is 84.4 cm³/mol. The Labute approximate surface area is 126 Å². The van der Waals surface area contributed by atoms with Gasteiger partial charge in [0.1, 0.15) is 11.4 Å². The number of carbonyl (C=O) groups excluding carboxylic acids is 1. The number of hydrogen-bond acceptors (Lipinski definition) is 4. The third kappa shape index (κ3) is 2.95. The van der Waals surface area contributed by atoms with E-state index >= 15 is 0 Å². The molecule has 2 aromatic rings. The summed E-state index contributed by atoms with van der Waals surface area (Å²) in [5.74, 6) is -0.418. The molecule has 22 heavy (non-hydrogen) atoms. The van der Waals surface area contributed by atoms with Gasteiger partial charge in [0.05, 0.1) is 0 Å². The van der Waals surface area contributed by atoms with Crippen LogP contribution >= 0.6 is 0 Å². The molecule has 6 heteroatoms. The fourth-order valence-corrected chi connectivity index (χ4v) is 2.09. The highest BCUT2D eigenvalue weighted by atomic mass is 16.2. The van der Waals surface area contributed by atoms with E-state index in [2.05, 4.69) is 20.6 Å². The van der Waals surface area contributed by atoms with Crippen molar-refractivity contribution in [1.29, 1.82) is 0 Å². The number of aromatic nitrogens is 2. The second-order valence-electron chi connectivity index (χ2n) is 4.70. The van der Waals surface area contributed by atoms with Crippen LogP contribution in [0.3, 0.4) is 0 Å². The minimum atomic E-state index is -0.418. The van der Waals surface area contributed by atoms with Crippen LogP contribution in [0.1, 0.15) is 16.1 Å². The molecule has 3 N–H and O–H groups in total. The molecular formula is C16H14N4O2. The van der Waals surface area contributed by atoms with Gasteiger partial charge in [0.25, 0.3) is 11.5 Å². The zero-order valence-electron chi connectivity index (χ0n) is 11.7. The van der Waals surface area contributed by atoms with Gasteiger partial charge in [-0.1, -0.05) is 12.1 Å². The monoisotopic (exact) mass is 294 g/mol. The molecule has 2 aromatic heterocycles. The first kappa shape index (κ1) is 13.8. The molecule has 1 amide bonds. The molecule has 110 valence electrons. The molecule has 3 heterocycles. The first-order chi connectivity index (χ1) is 10.7. The fourth-order valence-electron chi connectivity index (χ4n) is 2.09. The Kier molecular flexibility index (Phi) is 3.82. The second-order valence-corrected chi connectivity index (χ2v) is 4.70. The standard InChI is InChI=1S/C16H14N4O2/c21-15-14(20-16(22)13-3-1-2-6-18-13)9-12(10-19-15)11-4-7-17-8-5-11/h1-7,9-10,17H,8H2,(H,19,21)(H,20,22). The zero-order valence-corrected chi connectivity index (χ0v) is 11.7. The Morgan fingerprint density at radius 3 is 2.95 bits per heavy atom. The summed E-state index contributed by atoms with van der Waals surface area (Å²) in [5, 5.41) is 5.65. The summed E-state index contributed by atoms with van der Waals surface area (Å²) in [5.41, 5.74) is 1.90. The molecular weight excluding hydrogens is 280 g/mol. The van der Waals surface area contributed by atoms with E-state index in [1.165, 1.54) is 6.20 Å². The van der Waals surface area contributed by atoms with E-state index in [4.69, 9.17) is 0 Å². The zero-order chi connectivity index (χ0) is 15.4. The number of H-pyrrole nitrogens is 1. The van der Waals surface area contributed by atoms with Crippen molar-refractivity contribution in [2.45, 2.75) is 0 Å². The summed E-state index contributed by atoms with van der Waals surface area (Å²) < 4.78 is 0. The van der Waals surface area contributed by atoms with E-state index in [-0.39, 0.29) is 16.9 Å². The average Bonchev–Trinajstić information content (AvgIpc) is 2.58. The Morgan fingerprint density at radius 1 is 1.32 bits per heavy atom. The van der Waals surface area contributed by atoms with Gasteiger partial charge in [-0.05, 0) is 41.6 Å². The number of rotatable bonds is 3. The van der Waals surface area contributed by atoms with E-state index in [0.717, 1.165) is 17.7 Å². The number of aromatic amines is 1. The summed E-state index contributed by atoms with van der Waals surface area (Å²) >= 11 is 0. The molecule has 0 saturated carbocycles. The maximum Gasteiger partial charge on any atom is 0.274 e. The van der Waals surface area contributed by atoms with Crippen LogP contribution in [0, 0.1) is 0 Å². The average molecular weight is 294 g/mol. The van der Waals surface area contributed by atoms with Crippen LogP contribution in [0.15, 0.2) is 59.8 Å². The van der Waals surface area contributed by atoms with E-state index in [0.29, 0.717) is 0 Å². The van der Waals surface area contributed by atoms with Crippen molar-refractivity contribution in [3.05, 3.63) is 76.6 Å². The number of carbonyl (C=O) groups is 1. The summed E-state index contributed by atoms with van der Waals surface area (Å²) in [6, 6.07) is 6.68. The van der Waals surface area contributed by atoms with Crippen molar-refractivity contribution < 1.29 is 4.79 Å². The van der Waals surface area contributed by atoms with Gasteiger partial charge in [0.15, 0.2) is 0 Å². The molecule has 0 atom stereocenters. The van der Waals surface area contributed by atoms with Gasteiger partial charge in [0, 0.05) is 18.9 Å². The largest absolute Gasteiger partial charge is 0.387 e. The SMILES string of the molecule is O=C(Nc1cc(C2=CCNC=C2)c[nH]c1=O)c1ccccn1. The summed E-state index contributed by atoms with van der Waals surface area (Å²) in [7, 11) is 0. The van der Waals surface area contributed by atoms with E-state index in [1.54, 1.807) is 30.5 Å². The van der Waals surface area contributed by atoms with Crippen LogP contribution in [0.25, 0.3) is 5.57 Å². The van der Waals surface area contributed by atoms with E-state index in [1.807, 2.05) is 18.4 Å². The number of allylic oxidation sites excluding steroid dienone is 2. The van der Waals surface area contributed by atoms with Gasteiger partial charge in [0.2, 0.25) is 0 Å². The van der Waals surface area contributed by atoms with Crippen LogP contribution in [-0.4, -0.2) is 22.4 Å². The molecule has 0 saturated heterocycles. The highest BCUT2D eigenvalue weighted by Crippen LogP contribution is 2.18. The smallest absolute Gasteiger partial charge is 0.274 e. The van der Waals surface area contributed by atoms with Crippen molar-refractivity contribution in [3.8, 4) is 0 Å². The number of nitrogens with one attached hydrogen (secondary N) is 3. The summed E-state index contributed by atoms with van der Waals surface area (Å²) in [6.07, 6.45) is 8.90. The summed E-state index contributed by atoms with van der Waals surface area (Å²) in [4.78, 5) is 30.6. The molecule has 0 bridgehead atoms. The first-order valence-electron chi connectivity index (χ1n) is 6.79. The third-order valence-corrected chi connectivity index (χ3v) is 3.20. The molecule has 0 spiro atoms. The highest BCUT2D eigenvalue weighted by Gasteiger charge is 2.11. The third-order valence-electron chi connectivity index (χ3n) is 3.20. The lowest BCUT2D eigenvalue weighted by Crippen LogP contribution is -2.20. The normalized spacial score (nSPS) is 13.2. The molecule has 1 aliphatic heterocycles. The molecule has 6 nitrogen and oxygen atoms in total. The van der Waals surface area contributed by atoms with Crippen molar-refractivity contribution >= 4 is 17.2 Å². The number of nitrogens with zero attached hydrogens (tertiary/aromatic N) is 1. The maximum atomic E-state index is 12.1. The van der Waals surface area contributed by atoms with Gasteiger partial charge in [-0.15, -0.1) is 0 Å². The highest BCUT2D eigenvalue weighted by molar-refractivity contribution is 6.02. The Balaban J connectivity index is 1.87. The molecule has 3 rings (SSSR count). The van der Waals surface area contributed by atoms with Gasteiger partial charge >= 0.3 is 0 Å². The maximum absolute atomic E-state index is 12.1. The summed E-state index contributed by atoms with van der Waals surface area (Å²) in [6.45, 7) is 0.723. The number of amides is 1. The Morgan fingerprint density at radius 2 is 2.23 bits per heavy atom. The lowest BCUT2D eigenvalue weighted by molar-refractivity contribution is 0.102. The van der Waals surface area contributed by atoms with Gasteiger partial charge in [-0.25, -0.2) is 0 Å². The number of dihydropyridines is 1. The number of pyridine rings is 2. The number of hydrogen-bond donors (Lipinski definition) is 3. The van der Waals surface area contributed by atoms with E-state index < -0.39 is 5.91 Å². The van der Waals surface area contributed by atoms with Crippen LogP contribution in [0.5, 0.6) is 0 Å². The topological polar surface area (TPSA) is 86.9 Å². The minimum absolute atomic E-state index is 0.195. The van der Waals surface area contributed by atoms with Crippen LogP contribution in [0.2, 0.25) is 0 Å². The minimum Gasteiger partial charge on any atom is -0.387 e. The van der Waals surface area contributed by atoms with Gasteiger partial charge < -0.3 is 15.6 Å². The molecule has 0 aliphatic carbocycles. The van der Waals surface area contributed by atoms with E-state index in [9.17, 15) is 9.59 Å². The van der Waals surface area contributed by atoms with Crippen LogP contribution in [0.4, 0.5) is 5.69 Å². The Hall–Kier alpha value is -3.15. The van der Waals surface area contributed by atoms with Crippen LogP contribution in [-0.2, 0) is 0 Å². The first-order valence-corrected chi connectivity index (χ1v) is 6.79. The molecule has 0 fully saturated rings. The molecule has 0 radical (unpaired) electrons.